The van der Waals surface area contributed by atoms with Gasteiger partial charge in [0.05, 0.1) is 12.6 Å². The molecule has 0 fully saturated rings. The largest absolute Gasteiger partial charge is 0.348 e. The second-order valence-electron chi connectivity index (χ2n) is 3.71. The maximum atomic E-state index is 12.9. The number of rotatable bonds is 2. The lowest BCUT2D eigenvalue weighted by Crippen LogP contribution is -2.32. The van der Waals surface area contributed by atoms with Crippen molar-refractivity contribution in [1.29, 1.82) is 0 Å². The fourth-order valence-electron chi connectivity index (χ4n) is 1.99. The molecule has 3 N–H and O–H groups in total. The molecule has 0 aliphatic heterocycles. The van der Waals surface area contributed by atoms with Crippen LogP contribution in [0.25, 0.3) is 0 Å². The molecular weight excluding hydrogens is 231 g/mol. The van der Waals surface area contributed by atoms with Gasteiger partial charge in [0.25, 0.3) is 0 Å². The lowest BCUT2D eigenvalue weighted by Gasteiger charge is -2.13. The Hall–Kier alpha value is -1.13. The fourth-order valence-corrected chi connectivity index (χ4v) is 1.99. The van der Waals surface area contributed by atoms with Crippen molar-refractivity contribution in [1.82, 2.24) is 5.32 Å². The van der Waals surface area contributed by atoms with Gasteiger partial charge in [-0.3, -0.25) is 4.79 Å². The summed E-state index contributed by atoms with van der Waals surface area (Å²) in [5.41, 5.74) is 7.22. The minimum absolute atomic E-state index is 0. The normalized spacial score (nSPS) is 17.5. The van der Waals surface area contributed by atoms with Gasteiger partial charge in [-0.05, 0) is 36.1 Å². The Kier molecular flexibility index (Phi) is 4.26. The molecular formula is C11H14ClFN2O. The van der Waals surface area contributed by atoms with Gasteiger partial charge >= 0.3 is 0 Å². The third-order valence-electron chi connectivity index (χ3n) is 2.70. The van der Waals surface area contributed by atoms with E-state index in [1.54, 1.807) is 6.07 Å². The molecule has 2 rings (SSSR count). The number of carbonyl (C=O) groups is 1. The third kappa shape index (κ3) is 2.51. The number of carbonyl (C=O) groups excluding carboxylic acids is 1. The Morgan fingerprint density at radius 2 is 2.31 bits per heavy atom. The molecule has 1 aliphatic carbocycles. The number of nitrogens with one attached hydrogen (secondary N) is 1. The standard InChI is InChI=1S/C11H13FN2O.ClH/c12-8-2-3-9-7(5-8)1-4-10(9)14-11(15)6-13;/h2-3,5,10H,1,4,6,13H2,(H,14,15);1H. The topological polar surface area (TPSA) is 55.1 Å². The first-order valence-corrected chi connectivity index (χ1v) is 4.98. The molecule has 0 bridgehead atoms. The van der Waals surface area contributed by atoms with E-state index in [2.05, 4.69) is 5.32 Å². The van der Waals surface area contributed by atoms with E-state index in [1.165, 1.54) is 12.1 Å². The summed E-state index contributed by atoms with van der Waals surface area (Å²) in [5.74, 6) is -0.392. The highest BCUT2D eigenvalue weighted by Crippen LogP contribution is 2.31. The first-order chi connectivity index (χ1) is 7.20. The van der Waals surface area contributed by atoms with E-state index in [-0.39, 0.29) is 36.7 Å². The Morgan fingerprint density at radius 3 is 3.00 bits per heavy atom. The average molecular weight is 245 g/mol. The molecule has 1 aromatic carbocycles. The number of nitrogens with two attached hydrogens (primary N) is 1. The number of aryl methyl sites for hydroxylation is 1. The van der Waals surface area contributed by atoms with Crippen molar-refractivity contribution in [3.05, 3.63) is 35.1 Å². The molecule has 1 amide bonds. The van der Waals surface area contributed by atoms with Gasteiger partial charge in [0, 0.05) is 0 Å². The second kappa shape index (κ2) is 5.27. The summed E-state index contributed by atoms with van der Waals surface area (Å²) in [6.45, 7) is -0.00692. The molecule has 0 saturated carbocycles. The van der Waals surface area contributed by atoms with Crippen LogP contribution in [-0.4, -0.2) is 12.5 Å². The highest BCUT2D eigenvalue weighted by atomic mass is 35.5. The van der Waals surface area contributed by atoms with Gasteiger partial charge in [0.2, 0.25) is 5.91 Å². The first-order valence-electron chi connectivity index (χ1n) is 4.98. The van der Waals surface area contributed by atoms with Gasteiger partial charge in [-0.1, -0.05) is 6.07 Å². The van der Waals surface area contributed by atoms with E-state index in [0.29, 0.717) is 0 Å². The summed E-state index contributed by atoms with van der Waals surface area (Å²) in [6, 6.07) is 4.69. The van der Waals surface area contributed by atoms with Crippen LogP contribution in [0, 0.1) is 5.82 Å². The second-order valence-corrected chi connectivity index (χ2v) is 3.71. The Balaban J connectivity index is 0.00000128. The molecule has 1 unspecified atom stereocenters. The summed E-state index contributed by atoms with van der Waals surface area (Å²) in [5, 5.41) is 2.82. The minimum atomic E-state index is -0.223. The smallest absolute Gasteiger partial charge is 0.234 e. The molecule has 0 radical (unpaired) electrons. The third-order valence-corrected chi connectivity index (χ3v) is 2.70. The van der Waals surface area contributed by atoms with E-state index in [1.807, 2.05) is 0 Å². The van der Waals surface area contributed by atoms with Gasteiger partial charge in [-0.2, -0.15) is 0 Å². The number of fused-ring (bicyclic) bond motifs is 1. The molecule has 0 saturated heterocycles. The van der Waals surface area contributed by atoms with E-state index in [9.17, 15) is 9.18 Å². The van der Waals surface area contributed by atoms with E-state index < -0.39 is 0 Å². The van der Waals surface area contributed by atoms with Crippen LogP contribution in [0.5, 0.6) is 0 Å². The van der Waals surface area contributed by atoms with Gasteiger partial charge in [0.1, 0.15) is 5.82 Å². The zero-order valence-electron chi connectivity index (χ0n) is 8.70. The Morgan fingerprint density at radius 1 is 1.56 bits per heavy atom. The zero-order chi connectivity index (χ0) is 10.8. The van der Waals surface area contributed by atoms with Gasteiger partial charge < -0.3 is 11.1 Å². The maximum Gasteiger partial charge on any atom is 0.234 e. The lowest BCUT2D eigenvalue weighted by molar-refractivity contribution is -0.120. The van der Waals surface area contributed by atoms with E-state index in [0.717, 1.165) is 24.0 Å². The predicted octanol–water partition coefficient (Wildman–Crippen LogP) is 1.31. The molecule has 3 nitrogen and oxygen atoms in total. The van der Waals surface area contributed by atoms with Crippen molar-refractivity contribution in [3.8, 4) is 0 Å². The number of hydrogen-bond acceptors (Lipinski definition) is 2. The Bertz CT molecular complexity index is 398. The van der Waals surface area contributed by atoms with Crippen LogP contribution >= 0.6 is 12.4 Å². The molecule has 88 valence electrons. The van der Waals surface area contributed by atoms with Crippen LogP contribution in [0.4, 0.5) is 4.39 Å². The van der Waals surface area contributed by atoms with Crippen LogP contribution < -0.4 is 11.1 Å². The number of benzene rings is 1. The molecule has 1 atom stereocenters. The SMILES string of the molecule is Cl.NCC(=O)NC1CCc2cc(F)ccc21. The fraction of sp³-hybridized carbons (Fsp3) is 0.364. The molecule has 0 spiro atoms. The van der Waals surface area contributed by atoms with Crippen LogP contribution in [0.3, 0.4) is 0 Å². The molecule has 0 heterocycles. The van der Waals surface area contributed by atoms with Crippen LogP contribution in [0.2, 0.25) is 0 Å². The van der Waals surface area contributed by atoms with Gasteiger partial charge in [0.15, 0.2) is 0 Å². The number of halogens is 2. The highest BCUT2D eigenvalue weighted by Gasteiger charge is 2.23. The van der Waals surface area contributed by atoms with Crippen molar-refractivity contribution in [3.63, 3.8) is 0 Å². The van der Waals surface area contributed by atoms with Crippen LogP contribution in [0.15, 0.2) is 18.2 Å². The molecule has 16 heavy (non-hydrogen) atoms. The summed E-state index contributed by atoms with van der Waals surface area (Å²) in [6.07, 6.45) is 1.63. The average Bonchev–Trinajstić information content (AvgIpc) is 2.60. The zero-order valence-corrected chi connectivity index (χ0v) is 9.52. The number of hydrogen-bond donors (Lipinski definition) is 2. The number of amides is 1. The lowest BCUT2D eigenvalue weighted by atomic mass is 10.1. The molecule has 5 heteroatoms. The molecule has 1 aliphatic rings. The van der Waals surface area contributed by atoms with E-state index >= 15 is 0 Å². The van der Waals surface area contributed by atoms with Crippen LogP contribution in [-0.2, 0) is 11.2 Å². The summed E-state index contributed by atoms with van der Waals surface area (Å²) < 4.78 is 12.9. The first kappa shape index (κ1) is 12.9. The summed E-state index contributed by atoms with van der Waals surface area (Å²) in [4.78, 5) is 11.1. The van der Waals surface area contributed by atoms with Gasteiger partial charge in [-0.25, -0.2) is 4.39 Å². The van der Waals surface area contributed by atoms with Crippen molar-refractivity contribution in [2.75, 3.05) is 6.54 Å². The van der Waals surface area contributed by atoms with E-state index in [4.69, 9.17) is 5.73 Å². The predicted molar refractivity (Wildman–Crippen MR) is 61.9 cm³/mol. The van der Waals surface area contributed by atoms with Crippen molar-refractivity contribution in [2.45, 2.75) is 18.9 Å². The molecule has 0 aromatic heterocycles. The van der Waals surface area contributed by atoms with Crippen molar-refractivity contribution in [2.24, 2.45) is 5.73 Å². The highest BCUT2D eigenvalue weighted by molar-refractivity contribution is 5.85. The minimum Gasteiger partial charge on any atom is -0.348 e. The maximum absolute atomic E-state index is 12.9. The van der Waals surface area contributed by atoms with Crippen LogP contribution in [0.1, 0.15) is 23.6 Å². The van der Waals surface area contributed by atoms with Crippen molar-refractivity contribution >= 4 is 18.3 Å². The quantitative estimate of drug-likeness (QED) is 0.824. The summed E-state index contributed by atoms with van der Waals surface area (Å²) >= 11 is 0. The monoisotopic (exact) mass is 244 g/mol. The Labute approximate surface area is 99.6 Å². The van der Waals surface area contributed by atoms with Gasteiger partial charge in [-0.15, -0.1) is 12.4 Å². The summed E-state index contributed by atoms with van der Waals surface area (Å²) in [7, 11) is 0. The molecule has 1 aromatic rings. The van der Waals surface area contributed by atoms with Crippen molar-refractivity contribution < 1.29 is 9.18 Å².